The lowest BCUT2D eigenvalue weighted by Gasteiger charge is -2.32. The van der Waals surface area contributed by atoms with Crippen molar-refractivity contribution in [1.82, 2.24) is 5.32 Å². The number of nitrogens with one attached hydrogen (secondary N) is 1. The molecule has 138 valence electrons. The first-order chi connectivity index (χ1) is 12.8. The van der Waals surface area contributed by atoms with Gasteiger partial charge in [0, 0.05) is 18.5 Å². The van der Waals surface area contributed by atoms with Gasteiger partial charge in [0.05, 0.1) is 13.2 Å². The number of fused-ring (bicyclic) bond motifs is 1. The lowest BCUT2D eigenvalue weighted by molar-refractivity contribution is 0.173. The number of rotatable bonds is 6. The summed E-state index contributed by atoms with van der Waals surface area (Å²) in [4.78, 5) is 0. The monoisotopic (exact) mass is 355 g/mol. The largest absolute Gasteiger partial charge is 0.494 e. The maximum atomic E-state index is 6.08. The SMILES string of the molecule is CCOc1ccc([C@@H]2CCNC[C@@H]2COc2ccc3c(c2)OCO3)cc1. The minimum atomic E-state index is 0.283. The zero-order valence-corrected chi connectivity index (χ0v) is 15.1. The lowest BCUT2D eigenvalue weighted by atomic mass is 9.81. The van der Waals surface area contributed by atoms with Crippen LogP contribution in [0.1, 0.15) is 24.8 Å². The van der Waals surface area contributed by atoms with Crippen LogP contribution < -0.4 is 24.3 Å². The van der Waals surface area contributed by atoms with Crippen LogP contribution in [-0.4, -0.2) is 33.1 Å². The van der Waals surface area contributed by atoms with E-state index in [-0.39, 0.29) is 6.79 Å². The van der Waals surface area contributed by atoms with Crippen molar-refractivity contribution in [3.63, 3.8) is 0 Å². The quantitative estimate of drug-likeness (QED) is 0.858. The van der Waals surface area contributed by atoms with Crippen molar-refractivity contribution in [3.8, 4) is 23.0 Å². The average Bonchev–Trinajstić information content (AvgIpc) is 3.15. The van der Waals surface area contributed by atoms with Gasteiger partial charge in [0.15, 0.2) is 11.5 Å². The molecule has 5 nitrogen and oxygen atoms in total. The number of ether oxygens (including phenoxy) is 4. The summed E-state index contributed by atoms with van der Waals surface area (Å²) in [5.41, 5.74) is 1.36. The summed E-state index contributed by atoms with van der Waals surface area (Å²) in [6.45, 7) is 5.65. The summed E-state index contributed by atoms with van der Waals surface area (Å²) in [6.07, 6.45) is 1.11. The second-order valence-corrected chi connectivity index (χ2v) is 6.69. The van der Waals surface area contributed by atoms with E-state index in [1.165, 1.54) is 5.56 Å². The summed E-state index contributed by atoms with van der Waals surface area (Å²) in [6, 6.07) is 14.3. The molecule has 2 aromatic carbocycles. The Labute approximate surface area is 154 Å². The molecule has 0 aromatic heterocycles. The summed E-state index contributed by atoms with van der Waals surface area (Å²) in [7, 11) is 0. The fourth-order valence-electron chi connectivity index (χ4n) is 3.68. The molecule has 2 aliphatic rings. The minimum absolute atomic E-state index is 0.283. The zero-order valence-electron chi connectivity index (χ0n) is 15.1. The first-order valence-corrected chi connectivity index (χ1v) is 9.29. The average molecular weight is 355 g/mol. The van der Waals surface area contributed by atoms with E-state index in [1.807, 2.05) is 25.1 Å². The Balaban J connectivity index is 1.42. The Morgan fingerprint density at radius 2 is 1.81 bits per heavy atom. The number of hydrogen-bond donors (Lipinski definition) is 1. The molecule has 0 radical (unpaired) electrons. The van der Waals surface area contributed by atoms with Crippen molar-refractivity contribution >= 4 is 0 Å². The first kappa shape index (κ1) is 17.0. The molecule has 1 N–H and O–H groups in total. The second kappa shape index (κ2) is 7.87. The van der Waals surface area contributed by atoms with Gasteiger partial charge in [-0.05, 0) is 55.6 Å². The van der Waals surface area contributed by atoms with Crippen molar-refractivity contribution in [1.29, 1.82) is 0 Å². The standard InChI is InChI=1S/C21H25NO4/c1-2-23-17-5-3-15(4-6-17)19-9-10-22-12-16(19)13-24-18-7-8-20-21(11-18)26-14-25-20/h3-8,11,16,19,22H,2,9-10,12-14H2,1H3/t16-,19+/m1/s1. The van der Waals surface area contributed by atoms with Gasteiger partial charge in [0.25, 0.3) is 0 Å². The van der Waals surface area contributed by atoms with Crippen molar-refractivity contribution < 1.29 is 18.9 Å². The Bertz CT molecular complexity index is 731. The lowest BCUT2D eigenvalue weighted by Crippen LogP contribution is -2.38. The Hall–Kier alpha value is -2.40. The van der Waals surface area contributed by atoms with E-state index in [9.17, 15) is 0 Å². The van der Waals surface area contributed by atoms with Gasteiger partial charge in [-0.1, -0.05) is 12.1 Å². The smallest absolute Gasteiger partial charge is 0.231 e. The van der Waals surface area contributed by atoms with Gasteiger partial charge in [0.1, 0.15) is 11.5 Å². The predicted octanol–water partition coefficient (Wildman–Crippen LogP) is 3.59. The van der Waals surface area contributed by atoms with Crippen LogP contribution in [0.3, 0.4) is 0 Å². The zero-order chi connectivity index (χ0) is 17.8. The third kappa shape index (κ3) is 3.73. The molecule has 0 bridgehead atoms. The fourth-order valence-corrected chi connectivity index (χ4v) is 3.68. The fraction of sp³-hybridized carbons (Fsp3) is 0.429. The Morgan fingerprint density at radius 1 is 1.00 bits per heavy atom. The summed E-state index contributed by atoms with van der Waals surface area (Å²) in [5.74, 6) is 4.20. The molecule has 2 aliphatic heterocycles. The van der Waals surface area contributed by atoms with Gasteiger partial charge in [-0.15, -0.1) is 0 Å². The maximum Gasteiger partial charge on any atom is 0.231 e. The van der Waals surface area contributed by atoms with Gasteiger partial charge in [-0.2, -0.15) is 0 Å². The van der Waals surface area contributed by atoms with Crippen LogP contribution in [0.4, 0.5) is 0 Å². The van der Waals surface area contributed by atoms with Gasteiger partial charge in [-0.3, -0.25) is 0 Å². The second-order valence-electron chi connectivity index (χ2n) is 6.69. The number of hydrogen-bond acceptors (Lipinski definition) is 5. The summed E-state index contributed by atoms with van der Waals surface area (Å²) >= 11 is 0. The molecule has 2 heterocycles. The molecule has 26 heavy (non-hydrogen) atoms. The van der Waals surface area contributed by atoms with E-state index in [0.29, 0.717) is 25.0 Å². The molecule has 0 unspecified atom stereocenters. The van der Waals surface area contributed by atoms with Crippen LogP contribution in [0, 0.1) is 5.92 Å². The molecule has 1 saturated heterocycles. The van der Waals surface area contributed by atoms with Crippen molar-refractivity contribution in [3.05, 3.63) is 48.0 Å². The minimum Gasteiger partial charge on any atom is -0.494 e. The highest BCUT2D eigenvalue weighted by atomic mass is 16.7. The van der Waals surface area contributed by atoms with Gasteiger partial charge in [0.2, 0.25) is 6.79 Å². The molecule has 0 saturated carbocycles. The predicted molar refractivity (Wildman–Crippen MR) is 99.4 cm³/mol. The van der Waals surface area contributed by atoms with E-state index < -0.39 is 0 Å². The molecular formula is C21H25NO4. The van der Waals surface area contributed by atoms with Crippen molar-refractivity contribution in [2.75, 3.05) is 33.1 Å². The molecule has 4 rings (SSSR count). The van der Waals surface area contributed by atoms with E-state index in [0.717, 1.165) is 42.5 Å². The third-order valence-corrected chi connectivity index (χ3v) is 5.04. The van der Waals surface area contributed by atoms with Crippen LogP contribution in [0.5, 0.6) is 23.0 Å². The van der Waals surface area contributed by atoms with E-state index >= 15 is 0 Å². The van der Waals surface area contributed by atoms with E-state index in [1.54, 1.807) is 0 Å². The Kier molecular flexibility index (Phi) is 5.16. The topological polar surface area (TPSA) is 49.0 Å². The highest BCUT2D eigenvalue weighted by Crippen LogP contribution is 2.36. The molecule has 2 aromatic rings. The van der Waals surface area contributed by atoms with Crippen molar-refractivity contribution in [2.24, 2.45) is 5.92 Å². The van der Waals surface area contributed by atoms with Gasteiger partial charge >= 0.3 is 0 Å². The summed E-state index contributed by atoms with van der Waals surface area (Å²) in [5, 5.41) is 3.49. The Morgan fingerprint density at radius 3 is 2.65 bits per heavy atom. The molecule has 0 spiro atoms. The van der Waals surface area contributed by atoms with Crippen LogP contribution in [0.15, 0.2) is 42.5 Å². The number of piperidine rings is 1. The summed E-state index contributed by atoms with van der Waals surface area (Å²) < 4.78 is 22.4. The molecule has 0 amide bonds. The highest BCUT2D eigenvalue weighted by Gasteiger charge is 2.27. The molecule has 5 heteroatoms. The normalized spacial score (nSPS) is 21.4. The van der Waals surface area contributed by atoms with Gasteiger partial charge in [-0.25, -0.2) is 0 Å². The van der Waals surface area contributed by atoms with Crippen molar-refractivity contribution in [2.45, 2.75) is 19.3 Å². The maximum absolute atomic E-state index is 6.08. The van der Waals surface area contributed by atoms with Crippen LogP contribution in [-0.2, 0) is 0 Å². The van der Waals surface area contributed by atoms with Gasteiger partial charge < -0.3 is 24.3 Å². The third-order valence-electron chi connectivity index (χ3n) is 5.04. The van der Waals surface area contributed by atoms with Crippen LogP contribution >= 0.6 is 0 Å². The van der Waals surface area contributed by atoms with E-state index in [2.05, 4.69) is 29.6 Å². The van der Waals surface area contributed by atoms with Crippen LogP contribution in [0.25, 0.3) is 0 Å². The molecule has 1 fully saturated rings. The molecule has 0 aliphatic carbocycles. The first-order valence-electron chi connectivity index (χ1n) is 9.29. The molecule has 2 atom stereocenters. The van der Waals surface area contributed by atoms with E-state index in [4.69, 9.17) is 18.9 Å². The number of benzene rings is 2. The van der Waals surface area contributed by atoms with Crippen LogP contribution in [0.2, 0.25) is 0 Å². The highest BCUT2D eigenvalue weighted by molar-refractivity contribution is 5.46. The molecular weight excluding hydrogens is 330 g/mol.